The van der Waals surface area contributed by atoms with Crippen LogP contribution in [-0.4, -0.2) is 41.6 Å². The van der Waals surface area contributed by atoms with E-state index in [0.29, 0.717) is 44.6 Å². The minimum Gasteiger partial charge on any atom is -0.452 e. The van der Waals surface area contributed by atoms with E-state index in [1.165, 1.54) is 13.0 Å². The monoisotopic (exact) mass is 452 g/mol. The molecule has 2 aliphatic rings. The number of hydrogen-bond acceptors (Lipinski definition) is 6. The lowest BCUT2D eigenvalue weighted by atomic mass is 9.82. The van der Waals surface area contributed by atoms with Gasteiger partial charge in [0.05, 0.1) is 17.6 Å². The van der Waals surface area contributed by atoms with Gasteiger partial charge in [-0.25, -0.2) is 4.98 Å². The topological polar surface area (TPSA) is 95.3 Å². The summed E-state index contributed by atoms with van der Waals surface area (Å²) in [5, 5.41) is 12.3. The molecule has 10 heteroatoms. The van der Waals surface area contributed by atoms with Crippen LogP contribution in [0.25, 0.3) is 0 Å². The summed E-state index contributed by atoms with van der Waals surface area (Å²) in [6.45, 7) is 2.37. The zero-order valence-corrected chi connectivity index (χ0v) is 18.0. The van der Waals surface area contributed by atoms with Crippen molar-refractivity contribution in [2.75, 3.05) is 18.0 Å². The molecule has 2 fully saturated rings. The number of pyridine rings is 1. The first-order valence-electron chi connectivity index (χ1n) is 10.9. The average molecular weight is 452 g/mol. The van der Waals surface area contributed by atoms with E-state index in [2.05, 4.69) is 16.4 Å². The van der Waals surface area contributed by atoms with E-state index in [4.69, 9.17) is 4.74 Å². The van der Waals surface area contributed by atoms with Crippen molar-refractivity contribution in [1.29, 1.82) is 5.26 Å². The number of carbonyl (C=O) groups is 2. The number of hydrogen-bond donors (Lipinski definition) is 1. The second-order valence-corrected chi connectivity index (χ2v) is 8.49. The highest BCUT2D eigenvalue weighted by molar-refractivity contribution is 5.84. The summed E-state index contributed by atoms with van der Waals surface area (Å²) in [6.07, 6.45) is 0.192. The standard InChI is InChI=1S/C22H27F3N4O3/c1-15(19(30)28-21(14-26)9-3-2-4-10-21)32-20(31)16-7-11-29(12-8-16)18-6-5-17(13-27-18)22(23,24)25/h5-6,13,15-16H,2-4,7-12H2,1H3,(H,28,30)/t15-/m0/s1. The summed E-state index contributed by atoms with van der Waals surface area (Å²) in [7, 11) is 0. The minimum absolute atomic E-state index is 0.407. The Kier molecular flexibility index (Phi) is 7.26. The fraction of sp³-hybridized carbons (Fsp3) is 0.636. The number of halogens is 3. The average Bonchev–Trinajstić information content (AvgIpc) is 2.79. The lowest BCUT2D eigenvalue weighted by molar-refractivity contribution is -0.159. The first kappa shape index (κ1) is 23.8. The van der Waals surface area contributed by atoms with Gasteiger partial charge in [-0.05, 0) is 44.7 Å². The van der Waals surface area contributed by atoms with Gasteiger partial charge in [0.2, 0.25) is 0 Å². The molecule has 1 aliphatic heterocycles. The van der Waals surface area contributed by atoms with E-state index in [1.807, 2.05) is 4.90 Å². The van der Waals surface area contributed by atoms with Crippen LogP contribution in [0, 0.1) is 17.2 Å². The number of amides is 1. The van der Waals surface area contributed by atoms with Crippen molar-refractivity contribution in [3.63, 3.8) is 0 Å². The number of piperidine rings is 1. The Morgan fingerprint density at radius 1 is 1.25 bits per heavy atom. The van der Waals surface area contributed by atoms with Crippen molar-refractivity contribution < 1.29 is 27.5 Å². The Morgan fingerprint density at radius 3 is 2.44 bits per heavy atom. The summed E-state index contributed by atoms with van der Waals surface area (Å²) in [6, 6.07) is 4.52. The number of nitrogens with one attached hydrogen (secondary N) is 1. The highest BCUT2D eigenvalue weighted by atomic mass is 19.4. The first-order valence-corrected chi connectivity index (χ1v) is 10.9. The third-order valence-corrected chi connectivity index (χ3v) is 6.17. The number of aromatic nitrogens is 1. The van der Waals surface area contributed by atoms with Crippen LogP contribution < -0.4 is 10.2 Å². The number of anilines is 1. The Hall–Kier alpha value is -2.83. The number of alkyl halides is 3. The van der Waals surface area contributed by atoms with Gasteiger partial charge in [0.25, 0.3) is 5.91 Å². The Balaban J connectivity index is 1.48. The maximum Gasteiger partial charge on any atom is 0.417 e. The van der Waals surface area contributed by atoms with Gasteiger partial charge >= 0.3 is 12.1 Å². The Labute approximate surface area is 184 Å². The van der Waals surface area contributed by atoms with E-state index < -0.39 is 41.2 Å². The Bertz CT molecular complexity index is 853. The highest BCUT2D eigenvalue weighted by Crippen LogP contribution is 2.31. The summed E-state index contributed by atoms with van der Waals surface area (Å²) in [5.41, 5.74) is -1.70. The van der Waals surface area contributed by atoms with Gasteiger partial charge in [-0.1, -0.05) is 19.3 Å². The van der Waals surface area contributed by atoms with E-state index >= 15 is 0 Å². The summed E-state index contributed by atoms with van der Waals surface area (Å²) in [5.74, 6) is -0.946. The van der Waals surface area contributed by atoms with Gasteiger partial charge in [-0.15, -0.1) is 0 Å². The van der Waals surface area contributed by atoms with Crippen molar-refractivity contribution >= 4 is 17.7 Å². The van der Waals surface area contributed by atoms with Crippen molar-refractivity contribution in [2.45, 2.75) is 69.7 Å². The van der Waals surface area contributed by atoms with Gasteiger partial charge in [0, 0.05) is 19.3 Å². The molecule has 1 saturated heterocycles. The smallest absolute Gasteiger partial charge is 0.417 e. The second-order valence-electron chi connectivity index (χ2n) is 8.49. The molecule has 174 valence electrons. The fourth-order valence-electron chi connectivity index (χ4n) is 4.17. The number of nitrogens with zero attached hydrogens (tertiary/aromatic N) is 3. The van der Waals surface area contributed by atoms with Crippen LogP contribution in [0.5, 0.6) is 0 Å². The molecule has 32 heavy (non-hydrogen) atoms. The zero-order valence-electron chi connectivity index (χ0n) is 18.0. The molecule has 3 rings (SSSR count). The molecule has 1 amide bonds. The molecule has 1 aromatic rings. The molecular weight excluding hydrogens is 425 g/mol. The molecule has 0 aromatic carbocycles. The molecule has 1 saturated carbocycles. The molecule has 0 unspecified atom stereocenters. The first-order chi connectivity index (χ1) is 15.1. The van der Waals surface area contributed by atoms with E-state index in [9.17, 15) is 28.0 Å². The normalized spacial score (nSPS) is 20.2. The van der Waals surface area contributed by atoms with Gasteiger partial charge in [-0.3, -0.25) is 9.59 Å². The molecule has 0 radical (unpaired) electrons. The van der Waals surface area contributed by atoms with Gasteiger partial charge in [-0.2, -0.15) is 18.4 Å². The van der Waals surface area contributed by atoms with Crippen LogP contribution in [0.4, 0.5) is 19.0 Å². The van der Waals surface area contributed by atoms with Crippen molar-refractivity contribution in [2.24, 2.45) is 5.92 Å². The lowest BCUT2D eigenvalue weighted by Gasteiger charge is -2.33. The third-order valence-electron chi connectivity index (χ3n) is 6.17. The lowest BCUT2D eigenvalue weighted by Crippen LogP contribution is -2.52. The van der Waals surface area contributed by atoms with Gasteiger partial charge in [0.1, 0.15) is 11.4 Å². The molecule has 1 atom stereocenters. The van der Waals surface area contributed by atoms with E-state index in [-0.39, 0.29) is 0 Å². The zero-order chi connectivity index (χ0) is 23.4. The van der Waals surface area contributed by atoms with E-state index in [0.717, 1.165) is 31.5 Å². The molecule has 0 bridgehead atoms. The van der Waals surface area contributed by atoms with Crippen LogP contribution in [0.3, 0.4) is 0 Å². The maximum atomic E-state index is 12.7. The van der Waals surface area contributed by atoms with Crippen molar-refractivity contribution in [3.8, 4) is 6.07 Å². The molecule has 1 aliphatic carbocycles. The summed E-state index contributed by atoms with van der Waals surface area (Å²) in [4.78, 5) is 30.7. The minimum atomic E-state index is -4.44. The van der Waals surface area contributed by atoms with E-state index in [1.54, 1.807) is 0 Å². The summed E-state index contributed by atoms with van der Waals surface area (Å²) >= 11 is 0. The number of carbonyl (C=O) groups excluding carboxylic acids is 2. The van der Waals surface area contributed by atoms with Crippen LogP contribution in [0.2, 0.25) is 0 Å². The van der Waals surface area contributed by atoms with Gasteiger partial charge < -0.3 is 15.0 Å². The number of esters is 1. The molecule has 1 aromatic heterocycles. The largest absolute Gasteiger partial charge is 0.452 e. The summed E-state index contributed by atoms with van der Waals surface area (Å²) < 4.78 is 43.4. The fourth-order valence-corrected chi connectivity index (χ4v) is 4.17. The maximum absolute atomic E-state index is 12.7. The van der Waals surface area contributed by atoms with Crippen molar-refractivity contribution in [3.05, 3.63) is 23.9 Å². The molecule has 0 spiro atoms. The molecule has 2 heterocycles. The quantitative estimate of drug-likeness (QED) is 0.686. The molecule has 7 nitrogen and oxygen atoms in total. The highest BCUT2D eigenvalue weighted by Gasteiger charge is 2.36. The van der Waals surface area contributed by atoms with Crippen LogP contribution >= 0.6 is 0 Å². The number of ether oxygens (including phenoxy) is 1. The Morgan fingerprint density at radius 2 is 1.91 bits per heavy atom. The number of nitriles is 1. The predicted molar refractivity (Wildman–Crippen MR) is 109 cm³/mol. The van der Waals surface area contributed by atoms with Crippen LogP contribution in [0.1, 0.15) is 57.4 Å². The molecular formula is C22H27F3N4O3. The van der Waals surface area contributed by atoms with Crippen molar-refractivity contribution in [1.82, 2.24) is 10.3 Å². The second kappa shape index (κ2) is 9.76. The molecule has 1 N–H and O–H groups in total. The number of rotatable bonds is 5. The van der Waals surface area contributed by atoms with Crippen LogP contribution in [-0.2, 0) is 20.5 Å². The van der Waals surface area contributed by atoms with Gasteiger partial charge in [0.15, 0.2) is 6.10 Å². The SMILES string of the molecule is C[C@H](OC(=O)C1CCN(c2ccc(C(F)(F)F)cn2)CC1)C(=O)NC1(C#N)CCCCC1. The van der Waals surface area contributed by atoms with Crippen LogP contribution in [0.15, 0.2) is 18.3 Å². The predicted octanol–water partition coefficient (Wildman–Crippen LogP) is 3.59. The third kappa shape index (κ3) is 5.69.